The van der Waals surface area contributed by atoms with Crippen LogP contribution in [0.3, 0.4) is 0 Å². The lowest BCUT2D eigenvalue weighted by Crippen LogP contribution is -2.44. The molecule has 0 spiro atoms. The van der Waals surface area contributed by atoms with Crippen LogP contribution in [0.4, 0.5) is 0 Å². The molecule has 0 aromatic carbocycles. The van der Waals surface area contributed by atoms with Crippen LogP contribution in [0.5, 0.6) is 0 Å². The zero-order valence-corrected chi connectivity index (χ0v) is 9.16. The van der Waals surface area contributed by atoms with Crippen molar-refractivity contribution in [3.05, 3.63) is 33.1 Å². The van der Waals surface area contributed by atoms with E-state index in [1.165, 1.54) is 13.1 Å². The van der Waals surface area contributed by atoms with Gasteiger partial charge in [-0.2, -0.15) is 0 Å². The molecule has 2 rings (SSSR count). The Bertz CT molecular complexity index is 552. The molecule has 7 nitrogen and oxygen atoms in total. The molecule has 4 atom stereocenters. The van der Waals surface area contributed by atoms with Gasteiger partial charge in [-0.1, -0.05) is 0 Å². The van der Waals surface area contributed by atoms with Crippen molar-refractivity contribution >= 4 is 0 Å². The fraction of sp³-hybridized carbons (Fsp3) is 0.600. The Hall–Kier alpha value is -1.44. The molecule has 1 aliphatic rings. The summed E-state index contributed by atoms with van der Waals surface area (Å²) in [6, 6.07) is 1.11. The summed E-state index contributed by atoms with van der Waals surface area (Å²) >= 11 is 0. The van der Waals surface area contributed by atoms with E-state index in [2.05, 4.69) is 0 Å². The smallest absolute Gasteiger partial charge is 0.330 e. The van der Waals surface area contributed by atoms with Gasteiger partial charge < -0.3 is 14.9 Å². The van der Waals surface area contributed by atoms with Gasteiger partial charge in [-0.15, -0.1) is 0 Å². The van der Waals surface area contributed by atoms with Crippen LogP contribution in [-0.2, 0) is 4.74 Å². The second-order valence-corrected chi connectivity index (χ2v) is 4.20. The molecule has 1 aliphatic heterocycles. The lowest BCUT2D eigenvalue weighted by atomic mass is 9.96. The number of H-pyrrole nitrogens is 1. The van der Waals surface area contributed by atoms with Gasteiger partial charge in [0.15, 0.2) is 6.23 Å². The maximum atomic E-state index is 11.6. The number of aliphatic hydroxyl groups excluding tert-OH is 1. The monoisotopic (exact) mass is 244 g/mol. The Kier molecular flexibility index (Phi) is 2.39. The number of aromatic nitrogens is 2. The SMILES string of the molecule is [3H]C[C@H]1O[C@@H](n2ccc(=O)[nH]c2=O)[C@@H](O)C1(C)O. The molecule has 7 heteroatoms. The van der Waals surface area contributed by atoms with Crippen molar-refractivity contribution in [1.82, 2.24) is 9.55 Å². The fourth-order valence-corrected chi connectivity index (χ4v) is 1.70. The number of nitrogens with zero attached hydrogens (tertiary/aromatic N) is 1. The normalized spacial score (nSPS) is 38.1. The summed E-state index contributed by atoms with van der Waals surface area (Å²) in [4.78, 5) is 24.5. The lowest BCUT2D eigenvalue weighted by molar-refractivity contribution is -0.0583. The van der Waals surface area contributed by atoms with Gasteiger partial charge in [0.1, 0.15) is 11.7 Å². The van der Waals surface area contributed by atoms with Crippen molar-refractivity contribution < 1.29 is 16.3 Å². The average molecular weight is 244 g/mol. The minimum Gasteiger partial charge on any atom is -0.385 e. The topological polar surface area (TPSA) is 105 Å². The molecule has 1 unspecified atom stereocenters. The summed E-state index contributed by atoms with van der Waals surface area (Å²) in [5.41, 5.74) is -2.93. The maximum Gasteiger partial charge on any atom is 0.330 e. The molecule has 3 N–H and O–H groups in total. The predicted molar refractivity (Wildman–Crippen MR) is 57.5 cm³/mol. The first kappa shape index (κ1) is 10.7. The second-order valence-electron chi connectivity index (χ2n) is 4.20. The van der Waals surface area contributed by atoms with E-state index in [1.807, 2.05) is 4.98 Å². The van der Waals surface area contributed by atoms with Crippen LogP contribution in [-0.4, -0.2) is 37.6 Å². The summed E-state index contributed by atoms with van der Waals surface area (Å²) < 4.78 is 13.5. The van der Waals surface area contributed by atoms with E-state index in [4.69, 9.17) is 6.11 Å². The minimum atomic E-state index is -1.62. The highest BCUT2D eigenvalue weighted by molar-refractivity contribution is 4.99. The lowest BCUT2D eigenvalue weighted by Gasteiger charge is -2.24. The van der Waals surface area contributed by atoms with Crippen molar-refractivity contribution in [2.45, 2.75) is 37.9 Å². The van der Waals surface area contributed by atoms with Crippen molar-refractivity contribution in [3.63, 3.8) is 0 Å². The highest BCUT2D eigenvalue weighted by atomic mass is 16.6. The fourth-order valence-electron chi connectivity index (χ4n) is 1.70. The second kappa shape index (κ2) is 3.80. The van der Waals surface area contributed by atoms with Crippen LogP contribution >= 0.6 is 0 Å². The first-order valence-corrected chi connectivity index (χ1v) is 5.04. The highest BCUT2D eigenvalue weighted by Crippen LogP contribution is 2.35. The van der Waals surface area contributed by atoms with Gasteiger partial charge in [-0.3, -0.25) is 14.3 Å². The van der Waals surface area contributed by atoms with E-state index in [-0.39, 0.29) is 6.90 Å². The average Bonchev–Trinajstić information content (AvgIpc) is 2.52. The highest BCUT2D eigenvalue weighted by Gasteiger charge is 2.50. The molecular formula is C10H14N2O5. The third-order valence-corrected chi connectivity index (χ3v) is 2.95. The van der Waals surface area contributed by atoms with Gasteiger partial charge in [0, 0.05) is 13.6 Å². The Balaban J connectivity index is 2.41. The number of aliphatic hydroxyl groups is 2. The number of nitrogens with one attached hydrogen (secondary N) is 1. The van der Waals surface area contributed by atoms with Gasteiger partial charge in [-0.25, -0.2) is 4.79 Å². The van der Waals surface area contributed by atoms with Crippen LogP contribution in [0.15, 0.2) is 21.9 Å². The maximum absolute atomic E-state index is 11.6. The third kappa shape index (κ3) is 1.82. The van der Waals surface area contributed by atoms with Crippen LogP contribution < -0.4 is 11.2 Å². The Labute approximate surface area is 97.7 Å². The van der Waals surface area contributed by atoms with Crippen molar-refractivity contribution in [3.8, 4) is 0 Å². The number of ether oxygens (including phenoxy) is 1. The third-order valence-electron chi connectivity index (χ3n) is 2.95. The van der Waals surface area contributed by atoms with E-state index in [1.54, 1.807) is 0 Å². The van der Waals surface area contributed by atoms with Crippen LogP contribution in [0, 0.1) is 0 Å². The molecule has 1 aromatic rings. The van der Waals surface area contributed by atoms with Gasteiger partial charge in [0.05, 0.1) is 6.10 Å². The van der Waals surface area contributed by atoms with Crippen LogP contribution in [0.1, 0.15) is 21.4 Å². The van der Waals surface area contributed by atoms with Crippen molar-refractivity contribution in [1.29, 1.82) is 0 Å². The molecule has 0 saturated carbocycles. The Morgan fingerprint density at radius 3 is 2.88 bits per heavy atom. The molecule has 17 heavy (non-hydrogen) atoms. The molecule has 0 aliphatic carbocycles. The van der Waals surface area contributed by atoms with E-state index >= 15 is 0 Å². The summed E-state index contributed by atoms with van der Waals surface area (Å²) in [5.74, 6) is 0. The van der Waals surface area contributed by atoms with Gasteiger partial charge >= 0.3 is 5.69 Å². The summed E-state index contributed by atoms with van der Waals surface area (Å²) in [5, 5.41) is 20.0. The summed E-state index contributed by atoms with van der Waals surface area (Å²) in [6.07, 6.45) is -2.22. The van der Waals surface area contributed by atoms with Gasteiger partial charge in [0.25, 0.3) is 5.56 Å². The number of hydrogen-bond acceptors (Lipinski definition) is 5. The number of rotatable bonds is 1. The van der Waals surface area contributed by atoms with E-state index in [9.17, 15) is 19.8 Å². The molecule has 0 radical (unpaired) electrons. The first-order valence-electron chi connectivity index (χ1n) is 5.75. The molecule has 0 amide bonds. The van der Waals surface area contributed by atoms with Crippen molar-refractivity contribution in [2.24, 2.45) is 0 Å². The van der Waals surface area contributed by atoms with E-state index < -0.39 is 35.3 Å². The number of hydrogen-bond donors (Lipinski definition) is 3. The minimum absolute atomic E-state index is 0.251. The molecule has 94 valence electrons. The summed E-state index contributed by atoms with van der Waals surface area (Å²) in [6.45, 7) is 1.09. The molecule has 0 bridgehead atoms. The Morgan fingerprint density at radius 1 is 1.65 bits per heavy atom. The van der Waals surface area contributed by atoms with E-state index in [0.29, 0.717) is 0 Å². The molecule has 1 aromatic heterocycles. The van der Waals surface area contributed by atoms with Crippen molar-refractivity contribution in [2.75, 3.05) is 0 Å². The largest absolute Gasteiger partial charge is 0.385 e. The zero-order valence-electron chi connectivity index (χ0n) is 10.2. The molecular weight excluding hydrogens is 228 g/mol. The first-order chi connectivity index (χ1) is 8.37. The zero-order chi connectivity index (χ0) is 13.5. The van der Waals surface area contributed by atoms with Crippen LogP contribution in [0.2, 0.25) is 0 Å². The van der Waals surface area contributed by atoms with Crippen LogP contribution in [0.25, 0.3) is 0 Å². The Morgan fingerprint density at radius 2 is 2.35 bits per heavy atom. The standard InChI is InChI=1S/C10H14N2O5/c1-5-10(2,16)7(14)8(17-5)12-4-3-6(13)11-9(12)15/h3-5,7-8,14,16H,1-2H3,(H,11,13,15)/t5-,7-,8-,10?/m1/s1/i1T. The van der Waals surface area contributed by atoms with Gasteiger partial charge in [-0.05, 0) is 13.8 Å². The van der Waals surface area contributed by atoms with E-state index in [0.717, 1.165) is 10.6 Å². The predicted octanol–water partition coefficient (Wildman–Crippen LogP) is -1.43. The number of aromatic amines is 1. The molecule has 1 fully saturated rings. The van der Waals surface area contributed by atoms with Gasteiger partial charge in [0.2, 0.25) is 0 Å². The molecule has 2 heterocycles. The quantitative estimate of drug-likeness (QED) is 0.561. The summed E-state index contributed by atoms with van der Waals surface area (Å²) in [7, 11) is 0. The molecule has 1 saturated heterocycles.